The number of ether oxygens (including phenoxy) is 2. The summed E-state index contributed by atoms with van der Waals surface area (Å²) in [5, 5.41) is 10.7. The van der Waals surface area contributed by atoms with Crippen molar-refractivity contribution in [3.05, 3.63) is 106 Å². The summed E-state index contributed by atoms with van der Waals surface area (Å²) in [5.74, 6) is 1.04. The molecule has 0 atom stereocenters. The number of methoxy groups -OCH3 is 1. The predicted octanol–water partition coefficient (Wildman–Crippen LogP) is 3.81. The van der Waals surface area contributed by atoms with Crippen molar-refractivity contribution in [2.45, 2.75) is 26.0 Å². The molecule has 2 N–H and O–H groups in total. The van der Waals surface area contributed by atoms with Gasteiger partial charge in [0, 0.05) is 30.5 Å². The van der Waals surface area contributed by atoms with Crippen molar-refractivity contribution in [1.29, 1.82) is 0 Å². The number of nitrogens with one attached hydrogen (secondary N) is 2. The summed E-state index contributed by atoms with van der Waals surface area (Å²) in [6.45, 7) is 0.460. The maximum Gasteiger partial charge on any atom is 0.273 e. The van der Waals surface area contributed by atoms with Crippen LogP contribution in [0.15, 0.2) is 77.6 Å². The van der Waals surface area contributed by atoms with Gasteiger partial charge in [-0.2, -0.15) is 0 Å². The monoisotopic (exact) mass is 488 g/mol. The Morgan fingerprint density at radius 1 is 1.00 bits per heavy atom. The number of benzene rings is 3. The number of rotatable bonds is 10. The molecule has 0 fully saturated rings. The minimum atomic E-state index is -0.416. The van der Waals surface area contributed by atoms with E-state index in [2.05, 4.69) is 20.5 Å². The summed E-state index contributed by atoms with van der Waals surface area (Å²) in [6, 6.07) is 21.0. The van der Waals surface area contributed by atoms with Crippen molar-refractivity contribution in [3.8, 4) is 22.9 Å². The second-order valence-corrected chi connectivity index (χ2v) is 7.98. The number of nitrogens with zero attached hydrogens (tertiary/aromatic N) is 2. The van der Waals surface area contributed by atoms with Crippen molar-refractivity contribution in [3.63, 3.8) is 0 Å². The van der Waals surface area contributed by atoms with Crippen LogP contribution in [0.1, 0.15) is 23.2 Å². The van der Waals surface area contributed by atoms with Gasteiger partial charge in [-0.1, -0.05) is 30.3 Å². The summed E-state index contributed by atoms with van der Waals surface area (Å²) < 4.78 is 24.7. The maximum absolute atomic E-state index is 13.7. The van der Waals surface area contributed by atoms with E-state index in [0.717, 1.165) is 11.3 Å². The van der Waals surface area contributed by atoms with E-state index in [-0.39, 0.29) is 36.8 Å². The molecule has 0 aliphatic heterocycles. The number of hydrogen-bond acceptors (Lipinski definition) is 6. The number of H-pyrrole nitrogens is 1. The number of hydrogen-bond donors (Lipinski definition) is 2. The molecule has 3 aromatic carbocycles. The largest absolute Gasteiger partial charge is 0.497 e. The highest BCUT2D eigenvalue weighted by atomic mass is 19.1. The van der Waals surface area contributed by atoms with E-state index in [4.69, 9.17) is 9.47 Å². The number of aromatic nitrogens is 3. The molecule has 0 radical (unpaired) electrons. The fraction of sp³-hybridized carbons (Fsp3) is 0.185. The first kappa shape index (κ1) is 24.6. The van der Waals surface area contributed by atoms with Crippen LogP contribution < -0.4 is 20.3 Å². The lowest BCUT2D eigenvalue weighted by atomic mass is 10.2. The first-order valence-electron chi connectivity index (χ1n) is 11.3. The lowest BCUT2D eigenvalue weighted by Gasteiger charge is -2.08. The highest BCUT2D eigenvalue weighted by molar-refractivity contribution is 5.76. The van der Waals surface area contributed by atoms with Crippen molar-refractivity contribution >= 4 is 5.91 Å². The molecule has 1 amide bonds. The number of aromatic amines is 1. The van der Waals surface area contributed by atoms with Gasteiger partial charge in [0.1, 0.15) is 29.6 Å². The Hall–Kier alpha value is -4.53. The van der Waals surface area contributed by atoms with E-state index < -0.39 is 5.56 Å². The molecule has 0 aliphatic carbocycles. The zero-order chi connectivity index (χ0) is 25.3. The zero-order valence-electron chi connectivity index (χ0n) is 19.7. The molecule has 4 aromatic rings. The topological polar surface area (TPSA) is 106 Å². The molecular formula is C27H25FN4O4. The molecule has 0 spiro atoms. The van der Waals surface area contributed by atoms with Crippen LogP contribution in [0, 0.1) is 5.82 Å². The minimum Gasteiger partial charge on any atom is -0.497 e. The molecule has 0 aliphatic rings. The van der Waals surface area contributed by atoms with Gasteiger partial charge in [0.05, 0.1) is 7.11 Å². The van der Waals surface area contributed by atoms with Gasteiger partial charge in [-0.15, -0.1) is 10.2 Å². The fourth-order valence-corrected chi connectivity index (χ4v) is 3.45. The van der Waals surface area contributed by atoms with Crippen LogP contribution in [-0.4, -0.2) is 28.2 Å². The number of carbonyl (C=O) groups excluding carboxylic acids is 1. The van der Waals surface area contributed by atoms with Crippen molar-refractivity contribution in [2.75, 3.05) is 7.11 Å². The second kappa shape index (κ2) is 11.7. The van der Waals surface area contributed by atoms with Gasteiger partial charge in [-0.3, -0.25) is 9.59 Å². The Kier molecular flexibility index (Phi) is 8.02. The molecule has 8 nitrogen and oxygen atoms in total. The average Bonchev–Trinajstić information content (AvgIpc) is 2.91. The van der Waals surface area contributed by atoms with E-state index in [0.29, 0.717) is 29.3 Å². The molecule has 9 heteroatoms. The van der Waals surface area contributed by atoms with Crippen LogP contribution in [0.2, 0.25) is 0 Å². The summed E-state index contributed by atoms with van der Waals surface area (Å²) >= 11 is 0. The molecule has 1 aromatic heterocycles. The van der Waals surface area contributed by atoms with Crippen LogP contribution in [-0.2, 0) is 24.4 Å². The van der Waals surface area contributed by atoms with Gasteiger partial charge in [-0.05, 0) is 48.0 Å². The quantitative estimate of drug-likeness (QED) is 0.352. The van der Waals surface area contributed by atoms with Gasteiger partial charge in [0.2, 0.25) is 5.91 Å². The molecule has 0 bridgehead atoms. The van der Waals surface area contributed by atoms with E-state index in [9.17, 15) is 14.0 Å². The number of amides is 1. The molecule has 36 heavy (non-hydrogen) atoms. The number of halogens is 1. The van der Waals surface area contributed by atoms with Gasteiger partial charge in [0.15, 0.2) is 5.82 Å². The van der Waals surface area contributed by atoms with E-state index in [1.807, 2.05) is 24.3 Å². The summed E-state index contributed by atoms with van der Waals surface area (Å²) in [6.07, 6.45) is 0.146. The van der Waals surface area contributed by atoms with Gasteiger partial charge < -0.3 is 19.8 Å². The van der Waals surface area contributed by atoms with Crippen LogP contribution in [0.5, 0.6) is 11.5 Å². The van der Waals surface area contributed by atoms with Crippen molar-refractivity contribution < 1.29 is 18.7 Å². The number of aryl methyl sites for hydroxylation is 1. The van der Waals surface area contributed by atoms with E-state index in [1.54, 1.807) is 49.6 Å². The third-order valence-electron chi connectivity index (χ3n) is 5.45. The average molecular weight is 489 g/mol. The Labute approximate surface area is 207 Å². The Morgan fingerprint density at radius 2 is 1.81 bits per heavy atom. The molecule has 0 saturated heterocycles. The number of carbonyl (C=O) groups is 1. The normalized spacial score (nSPS) is 10.6. The Morgan fingerprint density at radius 3 is 2.56 bits per heavy atom. The molecular weight excluding hydrogens is 463 g/mol. The second-order valence-electron chi connectivity index (χ2n) is 7.98. The summed E-state index contributed by atoms with van der Waals surface area (Å²) in [4.78, 5) is 27.3. The third-order valence-corrected chi connectivity index (χ3v) is 5.45. The summed E-state index contributed by atoms with van der Waals surface area (Å²) in [5.41, 5.74) is 1.77. The molecule has 4 rings (SSSR count). The van der Waals surface area contributed by atoms with Crippen LogP contribution in [0.25, 0.3) is 11.4 Å². The molecule has 0 unspecified atom stereocenters. The van der Waals surface area contributed by atoms with Crippen LogP contribution >= 0.6 is 0 Å². The molecule has 184 valence electrons. The Bertz CT molecular complexity index is 1390. The Balaban J connectivity index is 1.30. The highest BCUT2D eigenvalue weighted by Gasteiger charge is 2.11. The van der Waals surface area contributed by atoms with Crippen LogP contribution in [0.3, 0.4) is 0 Å². The minimum absolute atomic E-state index is 0.0326. The van der Waals surface area contributed by atoms with Crippen molar-refractivity contribution in [1.82, 2.24) is 20.5 Å². The van der Waals surface area contributed by atoms with E-state index >= 15 is 0 Å². The summed E-state index contributed by atoms with van der Waals surface area (Å²) in [7, 11) is 1.62. The SMILES string of the molecule is COc1cccc(COc2ccc(-c3nnc(CCC(=O)NCc4ccccc4F)c(=O)[nH]3)cc2)c1. The molecule has 1 heterocycles. The lowest BCUT2D eigenvalue weighted by Crippen LogP contribution is -2.25. The van der Waals surface area contributed by atoms with Gasteiger partial charge in [-0.25, -0.2) is 4.39 Å². The predicted molar refractivity (Wildman–Crippen MR) is 132 cm³/mol. The lowest BCUT2D eigenvalue weighted by molar-refractivity contribution is -0.121. The van der Waals surface area contributed by atoms with Crippen molar-refractivity contribution in [2.24, 2.45) is 0 Å². The van der Waals surface area contributed by atoms with E-state index in [1.165, 1.54) is 6.07 Å². The third kappa shape index (κ3) is 6.53. The standard InChI is InChI=1S/C27H25FN4O4/c1-35-22-7-4-5-18(15-22)17-36-21-11-9-19(10-12-21)26-30-27(34)24(31-32-26)13-14-25(33)29-16-20-6-2-3-8-23(20)28/h2-12,15H,13-14,16-17H2,1H3,(H,29,33)(H,30,32,34). The smallest absolute Gasteiger partial charge is 0.273 e. The van der Waals surface area contributed by atoms with Crippen LogP contribution in [0.4, 0.5) is 4.39 Å². The molecule has 0 saturated carbocycles. The van der Waals surface area contributed by atoms with Gasteiger partial charge >= 0.3 is 0 Å². The maximum atomic E-state index is 13.7. The zero-order valence-corrected chi connectivity index (χ0v) is 19.7. The fourth-order valence-electron chi connectivity index (χ4n) is 3.45. The highest BCUT2D eigenvalue weighted by Crippen LogP contribution is 2.20. The first-order chi connectivity index (χ1) is 17.5. The first-order valence-corrected chi connectivity index (χ1v) is 11.3. The van der Waals surface area contributed by atoms with Gasteiger partial charge in [0.25, 0.3) is 5.56 Å².